The van der Waals surface area contributed by atoms with Crippen LogP contribution in [0.2, 0.25) is 0 Å². The minimum atomic E-state index is -0.0334. The number of rotatable bonds is 5. The normalized spacial score (nSPS) is 19.7. The molecule has 2 heterocycles. The van der Waals surface area contributed by atoms with Gasteiger partial charge in [0.2, 0.25) is 5.91 Å². The highest BCUT2D eigenvalue weighted by atomic mass is 16.2. The van der Waals surface area contributed by atoms with Crippen LogP contribution >= 0.6 is 0 Å². The monoisotopic (exact) mass is 264 g/mol. The zero-order valence-electron chi connectivity index (χ0n) is 12.3. The van der Waals surface area contributed by atoms with Crippen LogP contribution < -0.4 is 10.2 Å². The quantitative estimate of drug-likeness (QED) is 0.876. The fraction of sp³-hybridized carbons (Fsp3) is 0.714. The van der Waals surface area contributed by atoms with Gasteiger partial charge in [-0.1, -0.05) is 13.8 Å². The second kappa shape index (κ2) is 5.74. The largest absolute Gasteiger partial charge is 0.306 e. The first-order valence-corrected chi connectivity index (χ1v) is 7.04. The summed E-state index contributed by atoms with van der Waals surface area (Å²) in [5.74, 6) is 1.74. The fourth-order valence-corrected chi connectivity index (χ4v) is 2.49. The van der Waals surface area contributed by atoms with Crippen LogP contribution in [0.3, 0.4) is 0 Å². The molecule has 0 aliphatic carbocycles. The van der Waals surface area contributed by atoms with Gasteiger partial charge in [-0.25, -0.2) is 0 Å². The van der Waals surface area contributed by atoms with Crippen LogP contribution in [0.1, 0.15) is 32.4 Å². The van der Waals surface area contributed by atoms with Crippen molar-refractivity contribution in [1.29, 1.82) is 0 Å². The molecule has 0 saturated carbocycles. The smallest absolute Gasteiger partial charge is 0.245 e. The van der Waals surface area contributed by atoms with Crippen LogP contribution in [0.25, 0.3) is 0 Å². The number of carbonyl (C=O) groups is 1. The number of aryl methyl sites for hydroxylation is 2. The van der Waals surface area contributed by atoms with E-state index >= 15 is 0 Å². The third-order valence-electron chi connectivity index (χ3n) is 3.57. The van der Waals surface area contributed by atoms with E-state index in [4.69, 9.17) is 0 Å². The zero-order chi connectivity index (χ0) is 14.0. The first-order valence-electron chi connectivity index (χ1n) is 7.04. The van der Waals surface area contributed by atoms with Crippen molar-refractivity contribution in [2.45, 2.75) is 39.7 Å². The van der Waals surface area contributed by atoms with E-state index in [1.54, 1.807) is 4.68 Å². The van der Waals surface area contributed by atoms with Crippen LogP contribution in [0.15, 0.2) is 6.07 Å². The molecule has 1 N–H and O–H groups in total. The van der Waals surface area contributed by atoms with Crippen LogP contribution in [0.5, 0.6) is 0 Å². The topological polar surface area (TPSA) is 50.2 Å². The highest BCUT2D eigenvalue weighted by Crippen LogP contribution is 2.21. The van der Waals surface area contributed by atoms with Gasteiger partial charge in [0.25, 0.3) is 0 Å². The Morgan fingerprint density at radius 1 is 1.53 bits per heavy atom. The molecule has 1 saturated heterocycles. The SMILES string of the molecule is Cc1cc(N2CC[C@@H](NCCC(C)C)C2=O)n(C)n1. The van der Waals surface area contributed by atoms with Crippen LogP contribution in [0.4, 0.5) is 5.82 Å². The molecule has 0 spiro atoms. The van der Waals surface area contributed by atoms with Gasteiger partial charge < -0.3 is 5.32 Å². The summed E-state index contributed by atoms with van der Waals surface area (Å²) in [6.07, 6.45) is 1.98. The summed E-state index contributed by atoms with van der Waals surface area (Å²) in [5, 5.41) is 7.67. The predicted octanol–water partition coefficient (Wildman–Crippen LogP) is 1.47. The van der Waals surface area contributed by atoms with Crippen molar-refractivity contribution in [2.75, 3.05) is 18.0 Å². The minimum absolute atomic E-state index is 0.0334. The zero-order valence-corrected chi connectivity index (χ0v) is 12.3. The lowest BCUT2D eigenvalue weighted by atomic mass is 10.1. The Balaban J connectivity index is 1.96. The molecule has 1 fully saturated rings. The average Bonchev–Trinajstić information content (AvgIpc) is 2.83. The molecule has 1 aromatic rings. The highest BCUT2D eigenvalue weighted by molar-refractivity contribution is 5.98. The second-order valence-corrected chi connectivity index (χ2v) is 5.74. The number of anilines is 1. The van der Waals surface area contributed by atoms with E-state index in [1.165, 1.54) is 0 Å². The number of nitrogens with one attached hydrogen (secondary N) is 1. The summed E-state index contributed by atoms with van der Waals surface area (Å²) >= 11 is 0. The molecule has 0 unspecified atom stereocenters. The first-order chi connectivity index (χ1) is 8.99. The summed E-state index contributed by atoms with van der Waals surface area (Å²) in [5.41, 5.74) is 0.946. The molecular formula is C14H24N4O. The van der Waals surface area contributed by atoms with Crippen molar-refractivity contribution in [1.82, 2.24) is 15.1 Å². The number of carbonyl (C=O) groups excluding carboxylic acids is 1. The van der Waals surface area contributed by atoms with Gasteiger partial charge >= 0.3 is 0 Å². The Labute approximate surface area is 115 Å². The molecule has 1 aromatic heterocycles. The summed E-state index contributed by atoms with van der Waals surface area (Å²) in [6, 6.07) is 1.93. The summed E-state index contributed by atoms with van der Waals surface area (Å²) < 4.78 is 1.78. The number of aromatic nitrogens is 2. The number of nitrogens with zero attached hydrogens (tertiary/aromatic N) is 3. The van der Waals surface area contributed by atoms with Crippen LogP contribution in [-0.2, 0) is 11.8 Å². The Bertz CT molecular complexity index is 452. The van der Waals surface area contributed by atoms with Gasteiger partial charge in [0.1, 0.15) is 5.82 Å². The molecule has 1 amide bonds. The number of amides is 1. The Morgan fingerprint density at radius 2 is 2.26 bits per heavy atom. The maximum Gasteiger partial charge on any atom is 0.245 e. The molecule has 5 heteroatoms. The molecule has 1 aliphatic rings. The standard InChI is InChI=1S/C14H24N4O/c1-10(2)5-7-15-12-6-8-18(14(12)19)13-9-11(3)16-17(13)4/h9-10,12,15H,5-8H2,1-4H3/t12-/m1/s1. The van der Waals surface area contributed by atoms with Crippen molar-refractivity contribution < 1.29 is 4.79 Å². The van der Waals surface area contributed by atoms with Gasteiger partial charge in [0.05, 0.1) is 11.7 Å². The summed E-state index contributed by atoms with van der Waals surface area (Å²) in [4.78, 5) is 14.2. The third-order valence-corrected chi connectivity index (χ3v) is 3.57. The maximum absolute atomic E-state index is 12.4. The lowest BCUT2D eigenvalue weighted by molar-refractivity contribution is -0.118. The lowest BCUT2D eigenvalue weighted by Gasteiger charge is -2.17. The van der Waals surface area contributed by atoms with Gasteiger partial charge in [0.15, 0.2) is 0 Å². The van der Waals surface area contributed by atoms with Crippen molar-refractivity contribution in [2.24, 2.45) is 13.0 Å². The fourth-order valence-electron chi connectivity index (χ4n) is 2.49. The Kier molecular flexibility index (Phi) is 4.24. The van der Waals surface area contributed by atoms with Gasteiger partial charge in [-0.15, -0.1) is 0 Å². The van der Waals surface area contributed by atoms with E-state index in [9.17, 15) is 4.79 Å². The number of hydrogen-bond acceptors (Lipinski definition) is 3. The number of hydrogen-bond donors (Lipinski definition) is 1. The van der Waals surface area contributed by atoms with E-state index in [-0.39, 0.29) is 11.9 Å². The van der Waals surface area contributed by atoms with E-state index in [0.717, 1.165) is 37.4 Å². The summed E-state index contributed by atoms with van der Waals surface area (Å²) in [6.45, 7) is 8.03. The van der Waals surface area contributed by atoms with Crippen LogP contribution in [-0.4, -0.2) is 34.8 Å². The molecule has 0 bridgehead atoms. The average molecular weight is 264 g/mol. The van der Waals surface area contributed by atoms with E-state index in [2.05, 4.69) is 24.3 Å². The predicted molar refractivity (Wildman–Crippen MR) is 76.2 cm³/mol. The van der Waals surface area contributed by atoms with Gasteiger partial charge in [-0.3, -0.25) is 14.4 Å². The lowest BCUT2D eigenvalue weighted by Crippen LogP contribution is -2.39. The molecule has 2 rings (SSSR count). The van der Waals surface area contributed by atoms with Crippen molar-refractivity contribution in [3.8, 4) is 0 Å². The van der Waals surface area contributed by atoms with E-state index < -0.39 is 0 Å². The molecule has 5 nitrogen and oxygen atoms in total. The minimum Gasteiger partial charge on any atom is -0.306 e. The van der Waals surface area contributed by atoms with Crippen molar-refractivity contribution in [3.63, 3.8) is 0 Å². The molecule has 19 heavy (non-hydrogen) atoms. The van der Waals surface area contributed by atoms with Crippen molar-refractivity contribution >= 4 is 11.7 Å². The third kappa shape index (κ3) is 3.15. The molecule has 1 aliphatic heterocycles. The van der Waals surface area contributed by atoms with Crippen LogP contribution in [0, 0.1) is 12.8 Å². The van der Waals surface area contributed by atoms with Crippen molar-refractivity contribution in [3.05, 3.63) is 11.8 Å². The Morgan fingerprint density at radius 3 is 2.84 bits per heavy atom. The molecule has 0 aromatic carbocycles. The maximum atomic E-state index is 12.4. The highest BCUT2D eigenvalue weighted by Gasteiger charge is 2.33. The Hall–Kier alpha value is -1.36. The molecule has 106 valence electrons. The molecule has 0 radical (unpaired) electrons. The molecular weight excluding hydrogens is 240 g/mol. The molecule has 1 atom stereocenters. The van der Waals surface area contributed by atoms with Gasteiger partial charge in [-0.05, 0) is 32.2 Å². The second-order valence-electron chi connectivity index (χ2n) is 5.74. The first kappa shape index (κ1) is 14.1. The van der Waals surface area contributed by atoms with Gasteiger partial charge in [0, 0.05) is 19.7 Å². The summed E-state index contributed by atoms with van der Waals surface area (Å²) in [7, 11) is 1.88. The van der Waals surface area contributed by atoms with E-state index in [1.807, 2.05) is 24.9 Å². The van der Waals surface area contributed by atoms with E-state index in [0.29, 0.717) is 5.92 Å². The van der Waals surface area contributed by atoms with Gasteiger partial charge in [-0.2, -0.15) is 5.10 Å².